The minimum absolute atomic E-state index is 0.232. The van der Waals surface area contributed by atoms with Crippen LogP contribution in [0.25, 0.3) is 0 Å². The second kappa shape index (κ2) is 4.91. The quantitative estimate of drug-likeness (QED) is 0.467. The van der Waals surface area contributed by atoms with Crippen molar-refractivity contribution in [2.45, 2.75) is 33.6 Å². The molecule has 0 aliphatic carbocycles. The molecule has 0 radical (unpaired) electrons. The van der Waals surface area contributed by atoms with Gasteiger partial charge in [-0.3, -0.25) is 4.79 Å². The lowest BCUT2D eigenvalue weighted by molar-refractivity contribution is -0.145. The molecule has 0 saturated heterocycles. The number of esters is 1. The normalized spacial score (nSPS) is 10.9. The SMILES string of the molecule is CCOC(=O)CC(C)(C)CC=O. The van der Waals surface area contributed by atoms with Gasteiger partial charge in [0.25, 0.3) is 0 Å². The second-order valence-electron chi connectivity index (χ2n) is 3.52. The first-order chi connectivity index (χ1) is 5.52. The highest BCUT2D eigenvalue weighted by atomic mass is 16.5. The van der Waals surface area contributed by atoms with Crippen molar-refractivity contribution < 1.29 is 14.3 Å². The maximum absolute atomic E-state index is 11.0. The molecule has 70 valence electrons. The Hall–Kier alpha value is -0.860. The first-order valence-corrected chi connectivity index (χ1v) is 4.11. The zero-order valence-corrected chi connectivity index (χ0v) is 7.92. The first kappa shape index (κ1) is 11.1. The molecule has 0 unspecified atom stereocenters. The second-order valence-corrected chi connectivity index (χ2v) is 3.52. The third-order valence-corrected chi connectivity index (χ3v) is 1.56. The Bertz CT molecular complexity index is 161. The lowest BCUT2D eigenvalue weighted by Crippen LogP contribution is -2.19. The van der Waals surface area contributed by atoms with Gasteiger partial charge in [-0.05, 0) is 12.3 Å². The highest BCUT2D eigenvalue weighted by Crippen LogP contribution is 2.23. The van der Waals surface area contributed by atoms with Crippen LogP contribution in [0.3, 0.4) is 0 Å². The summed E-state index contributed by atoms with van der Waals surface area (Å²) in [6.07, 6.45) is 1.53. The molecule has 0 N–H and O–H groups in total. The molecular formula is C9H16O3. The maximum atomic E-state index is 11.0. The molecule has 0 aliphatic rings. The van der Waals surface area contributed by atoms with Crippen molar-refractivity contribution in [3.63, 3.8) is 0 Å². The lowest BCUT2D eigenvalue weighted by Gasteiger charge is -2.19. The predicted molar refractivity (Wildman–Crippen MR) is 45.7 cm³/mol. The van der Waals surface area contributed by atoms with Crippen LogP contribution >= 0.6 is 0 Å². The summed E-state index contributed by atoms with van der Waals surface area (Å²) in [6.45, 7) is 5.91. The molecule has 0 rings (SSSR count). The van der Waals surface area contributed by atoms with E-state index in [1.807, 2.05) is 13.8 Å². The highest BCUT2D eigenvalue weighted by molar-refractivity contribution is 5.70. The van der Waals surface area contributed by atoms with Crippen LogP contribution in [-0.2, 0) is 14.3 Å². The van der Waals surface area contributed by atoms with Crippen molar-refractivity contribution in [1.29, 1.82) is 0 Å². The third-order valence-electron chi connectivity index (χ3n) is 1.56. The van der Waals surface area contributed by atoms with Crippen molar-refractivity contribution in [3.8, 4) is 0 Å². The number of carbonyl (C=O) groups excluding carboxylic acids is 2. The van der Waals surface area contributed by atoms with E-state index >= 15 is 0 Å². The summed E-state index contributed by atoms with van der Waals surface area (Å²) in [6, 6.07) is 0. The molecule has 0 aromatic heterocycles. The van der Waals surface area contributed by atoms with Crippen LogP contribution in [0, 0.1) is 5.41 Å². The molecule has 0 fully saturated rings. The molecule has 0 amide bonds. The minimum atomic E-state index is -0.270. The van der Waals surface area contributed by atoms with E-state index in [1.54, 1.807) is 6.92 Å². The maximum Gasteiger partial charge on any atom is 0.306 e. The van der Waals surface area contributed by atoms with E-state index in [0.29, 0.717) is 19.4 Å². The van der Waals surface area contributed by atoms with Gasteiger partial charge in [-0.15, -0.1) is 0 Å². The summed E-state index contributed by atoms with van der Waals surface area (Å²) in [4.78, 5) is 21.2. The zero-order chi connectivity index (χ0) is 9.61. The van der Waals surface area contributed by atoms with Crippen LogP contribution < -0.4 is 0 Å². The number of carbonyl (C=O) groups is 2. The monoisotopic (exact) mass is 172 g/mol. The van der Waals surface area contributed by atoms with Crippen molar-refractivity contribution in [1.82, 2.24) is 0 Å². The van der Waals surface area contributed by atoms with Crippen LogP contribution in [0.1, 0.15) is 33.6 Å². The lowest BCUT2D eigenvalue weighted by atomic mass is 9.86. The van der Waals surface area contributed by atoms with Gasteiger partial charge in [0, 0.05) is 6.42 Å². The van der Waals surface area contributed by atoms with Gasteiger partial charge in [0.1, 0.15) is 6.29 Å². The number of hydrogen-bond acceptors (Lipinski definition) is 3. The van der Waals surface area contributed by atoms with Crippen molar-refractivity contribution in [3.05, 3.63) is 0 Å². The Morgan fingerprint density at radius 3 is 2.50 bits per heavy atom. The topological polar surface area (TPSA) is 43.4 Å². The molecule has 12 heavy (non-hydrogen) atoms. The fraction of sp³-hybridized carbons (Fsp3) is 0.778. The Kier molecular flexibility index (Phi) is 4.55. The number of aldehydes is 1. The molecule has 0 saturated carbocycles. The van der Waals surface area contributed by atoms with Gasteiger partial charge in [-0.25, -0.2) is 0 Å². The predicted octanol–water partition coefficient (Wildman–Crippen LogP) is 1.55. The fourth-order valence-corrected chi connectivity index (χ4v) is 0.901. The molecule has 3 heteroatoms. The Morgan fingerprint density at radius 2 is 2.08 bits per heavy atom. The van der Waals surface area contributed by atoms with E-state index in [1.165, 1.54) is 0 Å². The van der Waals surface area contributed by atoms with Gasteiger partial charge < -0.3 is 9.53 Å². The summed E-state index contributed by atoms with van der Waals surface area (Å²) >= 11 is 0. The van der Waals surface area contributed by atoms with Gasteiger partial charge in [0.05, 0.1) is 13.0 Å². The number of ether oxygens (including phenoxy) is 1. The fourth-order valence-electron chi connectivity index (χ4n) is 0.901. The summed E-state index contributed by atoms with van der Waals surface area (Å²) in [5.74, 6) is -0.232. The first-order valence-electron chi connectivity index (χ1n) is 4.11. The van der Waals surface area contributed by atoms with Gasteiger partial charge in [0.2, 0.25) is 0 Å². The van der Waals surface area contributed by atoms with E-state index in [9.17, 15) is 9.59 Å². The van der Waals surface area contributed by atoms with Crippen LogP contribution in [0.5, 0.6) is 0 Å². The van der Waals surface area contributed by atoms with E-state index in [2.05, 4.69) is 0 Å². The van der Waals surface area contributed by atoms with Gasteiger partial charge in [0.15, 0.2) is 0 Å². The van der Waals surface area contributed by atoms with Crippen LogP contribution in [0.4, 0.5) is 0 Å². The van der Waals surface area contributed by atoms with E-state index in [0.717, 1.165) is 6.29 Å². The molecule has 3 nitrogen and oxygen atoms in total. The zero-order valence-electron chi connectivity index (χ0n) is 7.92. The molecule has 0 aromatic rings. The molecule has 0 aromatic carbocycles. The average molecular weight is 172 g/mol. The number of rotatable bonds is 5. The Balaban J connectivity index is 3.87. The smallest absolute Gasteiger partial charge is 0.306 e. The third kappa shape index (κ3) is 4.88. The molecule has 0 aliphatic heterocycles. The Labute approximate surface area is 73.1 Å². The van der Waals surface area contributed by atoms with Crippen molar-refractivity contribution in [2.24, 2.45) is 5.41 Å². The van der Waals surface area contributed by atoms with Crippen LogP contribution in [-0.4, -0.2) is 18.9 Å². The Morgan fingerprint density at radius 1 is 1.50 bits per heavy atom. The standard InChI is InChI=1S/C9H16O3/c1-4-12-8(11)7-9(2,3)5-6-10/h6H,4-5,7H2,1-3H3. The molecule has 0 bridgehead atoms. The van der Waals surface area contributed by atoms with Gasteiger partial charge in [-0.1, -0.05) is 13.8 Å². The summed E-state index contributed by atoms with van der Waals surface area (Å²) in [5.41, 5.74) is -0.270. The average Bonchev–Trinajstić information content (AvgIpc) is 1.85. The van der Waals surface area contributed by atoms with Gasteiger partial charge in [-0.2, -0.15) is 0 Å². The van der Waals surface area contributed by atoms with Crippen molar-refractivity contribution >= 4 is 12.3 Å². The summed E-state index contributed by atoms with van der Waals surface area (Å²) in [7, 11) is 0. The number of hydrogen-bond donors (Lipinski definition) is 0. The van der Waals surface area contributed by atoms with Gasteiger partial charge >= 0.3 is 5.97 Å². The summed E-state index contributed by atoms with van der Waals surface area (Å²) in [5, 5.41) is 0. The van der Waals surface area contributed by atoms with Crippen LogP contribution in [0.2, 0.25) is 0 Å². The highest BCUT2D eigenvalue weighted by Gasteiger charge is 2.21. The van der Waals surface area contributed by atoms with E-state index < -0.39 is 0 Å². The molecule has 0 spiro atoms. The minimum Gasteiger partial charge on any atom is -0.466 e. The van der Waals surface area contributed by atoms with E-state index in [-0.39, 0.29) is 11.4 Å². The molecular weight excluding hydrogens is 156 g/mol. The molecule has 0 heterocycles. The van der Waals surface area contributed by atoms with Crippen LogP contribution in [0.15, 0.2) is 0 Å². The largest absolute Gasteiger partial charge is 0.466 e. The van der Waals surface area contributed by atoms with Crippen molar-refractivity contribution in [2.75, 3.05) is 6.61 Å². The molecule has 0 atom stereocenters. The van der Waals surface area contributed by atoms with E-state index in [4.69, 9.17) is 4.74 Å². The summed E-state index contributed by atoms with van der Waals surface area (Å²) < 4.78 is 4.77.